The quantitative estimate of drug-likeness (QED) is 0.614. The van der Waals surface area contributed by atoms with E-state index in [4.69, 9.17) is 4.99 Å². The van der Waals surface area contributed by atoms with E-state index in [-0.39, 0.29) is 22.7 Å². The number of pyridine rings is 1. The second-order valence-corrected chi connectivity index (χ2v) is 7.17. The summed E-state index contributed by atoms with van der Waals surface area (Å²) in [5.41, 5.74) is 2.09. The Morgan fingerprint density at radius 2 is 2.08 bits per heavy atom. The van der Waals surface area contributed by atoms with Gasteiger partial charge < -0.3 is 4.90 Å². The number of aliphatic imine (C=N–C) groups is 1. The maximum absolute atomic E-state index is 11.0. The molecule has 3 atom stereocenters. The van der Waals surface area contributed by atoms with Crippen LogP contribution in [0.15, 0.2) is 53.7 Å². The molecular formula is C18H18N4O2S. The molecule has 0 amide bonds. The fourth-order valence-electron chi connectivity index (χ4n) is 3.50. The molecule has 0 radical (unpaired) electrons. The van der Waals surface area contributed by atoms with E-state index in [1.165, 1.54) is 0 Å². The molecule has 1 aromatic carbocycles. The van der Waals surface area contributed by atoms with Crippen molar-refractivity contribution in [3.63, 3.8) is 0 Å². The highest BCUT2D eigenvalue weighted by atomic mass is 32.2. The van der Waals surface area contributed by atoms with Gasteiger partial charge in [-0.3, -0.25) is 20.1 Å². The number of nitrogens with zero attached hydrogens (tertiary/aromatic N) is 4. The van der Waals surface area contributed by atoms with Crippen LogP contribution >= 0.6 is 11.8 Å². The molecule has 0 bridgehead atoms. The van der Waals surface area contributed by atoms with Gasteiger partial charge in [0.1, 0.15) is 6.04 Å². The highest BCUT2D eigenvalue weighted by Gasteiger charge is 2.45. The Kier molecular flexibility index (Phi) is 4.17. The molecule has 1 saturated heterocycles. The number of thioether (sulfide) groups is 1. The molecule has 2 aliphatic rings. The molecule has 6 nitrogen and oxygen atoms in total. The number of aromatic nitrogens is 1. The van der Waals surface area contributed by atoms with Crippen LogP contribution in [0.4, 0.5) is 5.69 Å². The molecule has 4 rings (SSSR count). The minimum atomic E-state index is -0.364. The van der Waals surface area contributed by atoms with Crippen LogP contribution in [0.25, 0.3) is 0 Å². The van der Waals surface area contributed by atoms with Gasteiger partial charge in [0.05, 0.1) is 16.7 Å². The van der Waals surface area contributed by atoms with Crippen molar-refractivity contribution in [2.45, 2.75) is 31.5 Å². The van der Waals surface area contributed by atoms with Crippen molar-refractivity contribution >= 4 is 22.6 Å². The Balaban J connectivity index is 1.76. The molecular weight excluding hydrogens is 336 g/mol. The highest BCUT2D eigenvalue weighted by Crippen LogP contribution is 2.48. The van der Waals surface area contributed by atoms with Crippen LogP contribution in [0.1, 0.15) is 36.7 Å². The van der Waals surface area contributed by atoms with Crippen LogP contribution in [0.2, 0.25) is 0 Å². The van der Waals surface area contributed by atoms with Crippen LogP contribution in [-0.4, -0.2) is 31.8 Å². The van der Waals surface area contributed by atoms with Gasteiger partial charge in [-0.25, -0.2) is 0 Å². The predicted octanol–water partition coefficient (Wildman–Crippen LogP) is 3.97. The maximum atomic E-state index is 11.0. The zero-order chi connectivity index (χ0) is 17.4. The van der Waals surface area contributed by atoms with Gasteiger partial charge >= 0.3 is 0 Å². The number of amidine groups is 1. The summed E-state index contributed by atoms with van der Waals surface area (Å²) in [7, 11) is 0. The first-order valence-electron chi connectivity index (χ1n) is 8.33. The van der Waals surface area contributed by atoms with Crippen molar-refractivity contribution < 1.29 is 4.92 Å². The van der Waals surface area contributed by atoms with Gasteiger partial charge in [0.15, 0.2) is 5.17 Å². The number of rotatable bonds is 4. The fourth-order valence-corrected chi connectivity index (χ4v) is 4.84. The topological polar surface area (TPSA) is 71.6 Å². The van der Waals surface area contributed by atoms with E-state index in [0.717, 1.165) is 28.6 Å². The second-order valence-electron chi connectivity index (χ2n) is 6.18. The van der Waals surface area contributed by atoms with Crippen LogP contribution in [0, 0.1) is 10.1 Å². The smallest absolute Gasteiger partial charge is 0.269 e. The monoisotopic (exact) mass is 354 g/mol. The Morgan fingerprint density at radius 1 is 1.28 bits per heavy atom. The maximum Gasteiger partial charge on any atom is 0.269 e. The molecule has 0 aliphatic carbocycles. The normalized spacial score (nSPS) is 24.9. The number of nitro benzene ring substituents is 1. The standard InChI is InChI=1S/C18H18N4O2S/c1-2-13-11-25-18-20-16(15-5-3-4-10-19-15)17(21(13)18)12-6-8-14(9-7-12)22(23)24/h3-10,13,16-17H,2,11H2,1H3/t13-,16-,17+/m1/s1. The van der Waals surface area contributed by atoms with E-state index in [1.54, 1.807) is 30.1 Å². The summed E-state index contributed by atoms with van der Waals surface area (Å²) in [5.74, 6) is 1.04. The van der Waals surface area contributed by atoms with Crippen molar-refractivity contribution in [3.8, 4) is 0 Å². The number of nitro groups is 1. The van der Waals surface area contributed by atoms with Crippen LogP contribution in [0.5, 0.6) is 0 Å². The minimum absolute atomic E-state index is 0.0330. The van der Waals surface area contributed by atoms with E-state index in [9.17, 15) is 10.1 Å². The lowest BCUT2D eigenvalue weighted by Crippen LogP contribution is -2.35. The van der Waals surface area contributed by atoms with Gasteiger partial charge in [0.25, 0.3) is 5.69 Å². The van der Waals surface area contributed by atoms with Gasteiger partial charge in [0.2, 0.25) is 0 Å². The van der Waals surface area contributed by atoms with E-state index < -0.39 is 0 Å². The number of hydrogen-bond acceptors (Lipinski definition) is 6. The summed E-state index contributed by atoms with van der Waals surface area (Å²) in [4.78, 5) is 22.4. The average Bonchev–Trinajstić information content (AvgIpc) is 3.21. The van der Waals surface area contributed by atoms with Crippen LogP contribution < -0.4 is 0 Å². The molecule has 25 heavy (non-hydrogen) atoms. The van der Waals surface area contributed by atoms with Crippen LogP contribution in [-0.2, 0) is 0 Å². The van der Waals surface area contributed by atoms with E-state index in [1.807, 2.05) is 30.3 Å². The molecule has 2 aliphatic heterocycles. The largest absolute Gasteiger partial charge is 0.338 e. The summed E-state index contributed by atoms with van der Waals surface area (Å²) in [6.07, 6.45) is 2.83. The minimum Gasteiger partial charge on any atom is -0.338 e. The zero-order valence-corrected chi connectivity index (χ0v) is 14.6. The molecule has 2 aromatic rings. The Bertz CT molecular complexity index is 810. The van der Waals surface area contributed by atoms with Gasteiger partial charge in [-0.2, -0.15) is 0 Å². The summed E-state index contributed by atoms with van der Waals surface area (Å²) in [5, 5.41) is 12.0. The predicted molar refractivity (Wildman–Crippen MR) is 98.6 cm³/mol. The molecule has 1 aromatic heterocycles. The van der Waals surface area contributed by atoms with Crippen molar-refractivity contribution in [3.05, 3.63) is 70.0 Å². The molecule has 0 N–H and O–H groups in total. The Morgan fingerprint density at radius 3 is 2.72 bits per heavy atom. The highest BCUT2D eigenvalue weighted by molar-refractivity contribution is 8.14. The lowest BCUT2D eigenvalue weighted by molar-refractivity contribution is -0.384. The first-order chi connectivity index (χ1) is 12.2. The lowest BCUT2D eigenvalue weighted by atomic mass is 9.95. The summed E-state index contributed by atoms with van der Waals surface area (Å²) in [6.45, 7) is 2.19. The van der Waals surface area contributed by atoms with Gasteiger partial charge in [0, 0.05) is 30.1 Å². The summed E-state index contributed by atoms with van der Waals surface area (Å²) in [6, 6.07) is 13.1. The SMILES string of the molecule is CC[C@@H]1CSC2=N[C@H](c3ccccn3)[C@H](c3ccc([N+](=O)[O-])cc3)N21. The Labute approximate surface area is 150 Å². The Hall–Kier alpha value is -2.41. The molecule has 3 heterocycles. The first kappa shape index (κ1) is 16.1. The molecule has 0 spiro atoms. The van der Waals surface area contributed by atoms with Crippen molar-refractivity contribution in [2.24, 2.45) is 4.99 Å². The zero-order valence-electron chi connectivity index (χ0n) is 13.8. The first-order valence-corrected chi connectivity index (χ1v) is 9.32. The van der Waals surface area contributed by atoms with E-state index in [0.29, 0.717) is 6.04 Å². The molecule has 0 saturated carbocycles. The summed E-state index contributed by atoms with van der Waals surface area (Å²) >= 11 is 1.79. The number of benzene rings is 1. The third kappa shape index (κ3) is 2.78. The van der Waals surface area contributed by atoms with Crippen molar-refractivity contribution in [1.82, 2.24) is 9.88 Å². The van der Waals surface area contributed by atoms with Gasteiger partial charge in [-0.1, -0.05) is 36.9 Å². The fraction of sp³-hybridized carbons (Fsp3) is 0.333. The van der Waals surface area contributed by atoms with Crippen molar-refractivity contribution in [2.75, 3.05) is 5.75 Å². The average molecular weight is 354 g/mol. The van der Waals surface area contributed by atoms with E-state index >= 15 is 0 Å². The third-order valence-electron chi connectivity index (χ3n) is 4.77. The van der Waals surface area contributed by atoms with Gasteiger partial charge in [-0.15, -0.1) is 0 Å². The second kappa shape index (κ2) is 6.48. The molecule has 1 fully saturated rings. The van der Waals surface area contributed by atoms with Crippen LogP contribution in [0.3, 0.4) is 0 Å². The van der Waals surface area contributed by atoms with Crippen molar-refractivity contribution in [1.29, 1.82) is 0 Å². The molecule has 128 valence electrons. The summed E-state index contributed by atoms with van der Waals surface area (Å²) < 4.78 is 0. The third-order valence-corrected chi connectivity index (χ3v) is 5.90. The number of non-ortho nitro benzene ring substituents is 1. The molecule has 0 unspecified atom stereocenters. The number of fused-ring (bicyclic) bond motifs is 1. The number of hydrogen-bond donors (Lipinski definition) is 0. The lowest BCUT2D eigenvalue weighted by Gasteiger charge is -2.31. The van der Waals surface area contributed by atoms with Gasteiger partial charge in [-0.05, 0) is 24.1 Å². The molecule has 7 heteroatoms. The van der Waals surface area contributed by atoms with E-state index in [2.05, 4.69) is 16.8 Å².